The molecular formula is C17H28N2O2. The Labute approximate surface area is 128 Å². The highest BCUT2D eigenvalue weighted by Crippen LogP contribution is 2.16. The van der Waals surface area contributed by atoms with Crippen molar-refractivity contribution in [2.24, 2.45) is 0 Å². The molecule has 1 amide bonds. The van der Waals surface area contributed by atoms with Crippen LogP contribution in [0.5, 0.6) is 0 Å². The molecule has 1 atom stereocenters. The summed E-state index contributed by atoms with van der Waals surface area (Å²) in [4.78, 5) is 13.9. The average molecular weight is 292 g/mol. The van der Waals surface area contributed by atoms with Crippen LogP contribution in [0.4, 0.5) is 0 Å². The number of likely N-dealkylation sites (N-methyl/N-ethyl adjacent to an activating group) is 1. The number of aryl methyl sites for hydroxylation is 2. The van der Waals surface area contributed by atoms with Gasteiger partial charge in [0, 0.05) is 6.54 Å². The first-order chi connectivity index (χ1) is 9.58. The van der Waals surface area contributed by atoms with Crippen molar-refractivity contribution >= 4 is 5.91 Å². The van der Waals surface area contributed by atoms with E-state index < -0.39 is 5.60 Å². The van der Waals surface area contributed by atoms with Crippen molar-refractivity contribution < 1.29 is 9.90 Å². The number of benzene rings is 1. The third kappa shape index (κ3) is 6.27. The molecule has 0 saturated heterocycles. The molecule has 0 aliphatic carbocycles. The molecule has 4 nitrogen and oxygen atoms in total. The zero-order valence-electron chi connectivity index (χ0n) is 14.0. The predicted molar refractivity (Wildman–Crippen MR) is 86.3 cm³/mol. The van der Waals surface area contributed by atoms with Crippen LogP contribution in [0.2, 0.25) is 0 Å². The van der Waals surface area contributed by atoms with Gasteiger partial charge in [-0.05, 0) is 58.4 Å². The van der Waals surface area contributed by atoms with Gasteiger partial charge in [-0.1, -0.05) is 18.2 Å². The summed E-state index contributed by atoms with van der Waals surface area (Å²) < 4.78 is 0. The number of rotatable bonds is 6. The van der Waals surface area contributed by atoms with Crippen molar-refractivity contribution in [1.29, 1.82) is 0 Å². The van der Waals surface area contributed by atoms with E-state index in [9.17, 15) is 9.90 Å². The van der Waals surface area contributed by atoms with Gasteiger partial charge in [0.05, 0.1) is 18.2 Å². The van der Waals surface area contributed by atoms with Crippen LogP contribution in [-0.4, -0.2) is 41.7 Å². The first kappa shape index (κ1) is 17.7. The maximum Gasteiger partial charge on any atom is 0.234 e. The Hall–Kier alpha value is -1.39. The molecule has 0 aromatic heterocycles. The van der Waals surface area contributed by atoms with Gasteiger partial charge in [0.25, 0.3) is 0 Å². The largest absolute Gasteiger partial charge is 0.389 e. The fraction of sp³-hybridized carbons (Fsp3) is 0.588. The highest BCUT2D eigenvalue weighted by atomic mass is 16.3. The zero-order valence-corrected chi connectivity index (χ0v) is 14.0. The van der Waals surface area contributed by atoms with E-state index in [2.05, 4.69) is 31.3 Å². The smallest absolute Gasteiger partial charge is 0.234 e. The average Bonchev–Trinajstić information content (AvgIpc) is 2.29. The lowest BCUT2D eigenvalue weighted by Crippen LogP contribution is -2.42. The molecular weight excluding hydrogens is 264 g/mol. The lowest BCUT2D eigenvalue weighted by molar-refractivity contribution is -0.123. The summed E-state index contributed by atoms with van der Waals surface area (Å²) in [6, 6.07) is 6.22. The highest BCUT2D eigenvalue weighted by Gasteiger charge is 2.18. The van der Waals surface area contributed by atoms with Gasteiger partial charge in [-0.15, -0.1) is 0 Å². The number of aliphatic hydroxyl groups is 1. The summed E-state index contributed by atoms with van der Waals surface area (Å²) >= 11 is 0. The minimum Gasteiger partial charge on any atom is -0.389 e. The van der Waals surface area contributed by atoms with Crippen molar-refractivity contribution in [3.05, 3.63) is 34.9 Å². The Morgan fingerprint density at radius 2 is 1.95 bits per heavy atom. The van der Waals surface area contributed by atoms with Crippen LogP contribution in [0.15, 0.2) is 18.2 Å². The van der Waals surface area contributed by atoms with E-state index in [0.29, 0.717) is 6.54 Å². The topological polar surface area (TPSA) is 52.6 Å². The second kappa shape index (κ2) is 7.05. The number of carbonyl (C=O) groups excluding carboxylic acids is 1. The molecule has 0 radical (unpaired) electrons. The standard InChI is InChI=1S/C17H28N2O2/c1-12-7-8-15(9-13(12)2)14(3)18-16(20)10-19(6)11-17(4,5)21/h7-9,14,21H,10-11H2,1-6H3,(H,18,20). The molecule has 0 spiro atoms. The Morgan fingerprint density at radius 1 is 1.33 bits per heavy atom. The minimum absolute atomic E-state index is 0.0210. The molecule has 118 valence electrons. The Balaban J connectivity index is 2.56. The van der Waals surface area contributed by atoms with Crippen LogP contribution in [-0.2, 0) is 4.79 Å². The molecule has 0 heterocycles. The van der Waals surface area contributed by atoms with E-state index in [1.807, 2.05) is 24.9 Å². The summed E-state index contributed by atoms with van der Waals surface area (Å²) in [5.74, 6) is -0.0347. The lowest BCUT2D eigenvalue weighted by Gasteiger charge is -2.25. The highest BCUT2D eigenvalue weighted by molar-refractivity contribution is 5.78. The number of nitrogens with one attached hydrogen (secondary N) is 1. The minimum atomic E-state index is -0.797. The number of amides is 1. The van der Waals surface area contributed by atoms with Gasteiger partial charge in [0.1, 0.15) is 0 Å². The quantitative estimate of drug-likeness (QED) is 0.845. The lowest BCUT2D eigenvalue weighted by atomic mass is 10.0. The van der Waals surface area contributed by atoms with Crippen LogP contribution >= 0.6 is 0 Å². The number of carbonyl (C=O) groups is 1. The van der Waals surface area contributed by atoms with Crippen LogP contribution in [0.1, 0.15) is 43.5 Å². The maximum absolute atomic E-state index is 12.0. The van der Waals surface area contributed by atoms with Crippen LogP contribution in [0.25, 0.3) is 0 Å². The third-order valence-electron chi connectivity index (χ3n) is 3.48. The summed E-state index contributed by atoms with van der Waals surface area (Å²) in [5.41, 5.74) is 2.79. The second-order valence-corrected chi connectivity index (χ2v) is 6.62. The van der Waals surface area contributed by atoms with Crippen LogP contribution < -0.4 is 5.32 Å². The summed E-state index contributed by atoms with van der Waals surface area (Å²) in [6.07, 6.45) is 0. The fourth-order valence-electron chi connectivity index (χ4n) is 2.37. The molecule has 0 fully saturated rings. The molecule has 2 N–H and O–H groups in total. The van der Waals surface area contributed by atoms with Gasteiger partial charge < -0.3 is 10.4 Å². The molecule has 1 aromatic rings. The molecule has 0 bridgehead atoms. The first-order valence-corrected chi connectivity index (χ1v) is 7.36. The van der Waals surface area contributed by atoms with Gasteiger partial charge in [-0.2, -0.15) is 0 Å². The summed E-state index contributed by atoms with van der Waals surface area (Å²) in [6.45, 7) is 10.3. The molecule has 21 heavy (non-hydrogen) atoms. The molecule has 0 aliphatic heterocycles. The van der Waals surface area contributed by atoms with E-state index >= 15 is 0 Å². The van der Waals surface area contributed by atoms with E-state index in [-0.39, 0.29) is 18.5 Å². The number of nitrogens with zero attached hydrogens (tertiary/aromatic N) is 1. The maximum atomic E-state index is 12.0. The molecule has 1 aromatic carbocycles. The van der Waals surface area contributed by atoms with E-state index in [1.54, 1.807) is 13.8 Å². The fourth-order valence-corrected chi connectivity index (χ4v) is 2.37. The zero-order chi connectivity index (χ0) is 16.2. The number of hydrogen-bond donors (Lipinski definition) is 2. The Bertz CT molecular complexity index is 492. The Morgan fingerprint density at radius 3 is 2.48 bits per heavy atom. The normalized spacial score (nSPS) is 13.3. The predicted octanol–water partition coefficient (Wildman–Crippen LogP) is 2.18. The van der Waals surface area contributed by atoms with Crippen molar-refractivity contribution in [3.63, 3.8) is 0 Å². The van der Waals surface area contributed by atoms with Gasteiger partial charge in [-0.3, -0.25) is 9.69 Å². The van der Waals surface area contributed by atoms with Gasteiger partial charge in [0.15, 0.2) is 0 Å². The molecule has 1 unspecified atom stereocenters. The summed E-state index contributed by atoms with van der Waals surface area (Å²) in [5, 5.41) is 12.7. The van der Waals surface area contributed by atoms with Gasteiger partial charge >= 0.3 is 0 Å². The van der Waals surface area contributed by atoms with Gasteiger partial charge in [0.2, 0.25) is 5.91 Å². The second-order valence-electron chi connectivity index (χ2n) is 6.62. The molecule has 1 rings (SSSR count). The van der Waals surface area contributed by atoms with E-state index in [1.165, 1.54) is 11.1 Å². The molecule has 0 saturated carbocycles. The van der Waals surface area contributed by atoms with Crippen molar-refractivity contribution in [2.75, 3.05) is 20.1 Å². The van der Waals surface area contributed by atoms with Crippen molar-refractivity contribution in [1.82, 2.24) is 10.2 Å². The van der Waals surface area contributed by atoms with E-state index in [4.69, 9.17) is 0 Å². The first-order valence-electron chi connectivity index (χ1n) is 7.36. The van der Waals surface area contributed by atoms with Crippen molar-refractivity contribution in [3.8, 4) is 0 Å². The van der Waals surface area contributed by atoms with E-state index in [0.717, 1.165) is 5.56 Å². The van der Waals surface area contributed by atoms with Crippen molar-refractivity contribution in [2.45, 2.75) is 46.3 Å². The SMILES string of the molecule is Cc1ccc(C(C)NC(=O)CN(C)CC(C)(C)O)cc1C. The third-order valence-corrected chi connectivity index (χ3v) is 3.48. The number of hydrogen-bond acceptors (Lipinski definition) is 3. The molecule has 0 aliphatic rings. The van der Waals surface area contributed by atoms with Gasteiger partial charge in [-0.25, -0.2) is 0 Å². The molecule has 4 heteroatoms. The van der Waals surface area contributed by atoms with Crippen LogP contribution in [0, 0.1) is 13.8 Å². The van der Waals surface area contributed by atoms with Crippen LogP contribution in [0.3, 0.4) is 0 Å². The summed E-state index contributed by atoms with van der Waals surface area (Å²) in [7, 11) is 1.83. The monoisotopic (exact) mass is 292 g/mol. The Kier molecular flexibility index (Phi) is 5.93.